The van der Waals surface area contributed by atoms with E-state index >= 15 is 0 Å². The van der Waals surface area contributed by atoms with Crippen molar-refractivity contribution in [1.29, 1.82) is 0 Å². The Morgan fingerprint density at radius 2 is 1.67 bits per heavy atom. The normalized spacial score (nSPS) is 14.0. The van der Waals surface area contributed by atoms with Crippen molar-refractivity contribution in [3.63, 3.8) is 0 Å². The molecule has 6 heteroatoms. The predicted octanol–water partition coefficient (Wildman–Crippen LogP) is 3.61. The molecular formula is C21H26N2O3S. The van der Waals surface area contributed by atoms with Gasteiger partial charge in [0, 0.05) is 5.69 Å². The quantitative estimate of drug-likeness (QED) is 0.796. The van der Waals surface area contributed by atoms with Gasteiger partial charge in [-0.15, -0.1) is 0 Å². The number of sulfonamides is 1. The van der Waals surface area contributed by atoms with Crippen molar-refractivity contribution in [3.8, 4) is 0 Å². The number of aryl methyl sites for hydroxylation is 2. The molecule has 0 radical (unpaired) electrons. The molecule has 0 atom stereocenters. The minimum Gasteiger partial charge on any atom is -0.325 e. The van der Waals surface area contributed by atoms with Crippen LogP contribution in [0.3, 0.4) is 0 Å². The highest BCUT2D eigenvalue weighted by molar-refractivity contribution is 7.89. The fraction of sp³-hybridized carbons (Fsp3) is 0.381. The Hall–Kier alpha value is -2.18. The van der Waals surface area contributed by atoms with Crippen LogP contribution in [0.2, 0.25) is 0 Å². The Bertz CT molecular complexity index is 919. The topological polar surface area (TPSA) is 75.3 Å². The van der Waals surface area contributed by atoms with Gasteiger partial charge < -0.3 is 5.32 Å². The lowest BCUT2D eigenvalue weighted by Gasteiger charge is -2.16. The summed E-state index contributed by atoms with van der Waals surface area (Å²) in [5.41, 5.74) is 4.15. The maximum absolute atomic E-state index is 12.5. The summed E-state index contributed by atoms with van der Waals surface area (Å²) in [5, 5.41) is 2.72. The Balaban J connectivity index is 1.60. The molecule has 3 rings (SSSR count). The molecule has 2 aromatic rings. The van der Waals surface area contributed by atoms with Crippen molar-refractivity contribution in [3.05, 3.63) is 59.2 Å². The van der Waals surface area contributed by atoms with E-state index in [1.807, 2.05) is 30.3 Å². The van der Waals surface area contributed by atoms with E-state index in [9.17, 15) is 13.2 Å². The highest BCUT2D eigenvalue weighted by Gasteiger charge is 2.18. The summed E-state index contributed by atoms with van der Waals surface area (Å²) >= 11 is 0. The van der Waals surface area contributed by atoms with Gasteiger partial charge in [0.2, 0.25) is 15.9 Å². The minimum absolute atomic E-state index is 0.220. The molecule has 0 fully saturated rings. The molecule has 0 unspecified atom stereocenters. The van der Waals surface area contributed by atoms with Crippen molar-refractivity contribution in [2.75, 3.05) is 11.9 Å². The van der Waals surface area contributed by atoms with E-state index in [0.29, 0.717) is 11.6 Å². The third-order valence-corrected chi connectivity index (χ3v) is 6.31. The summed E-state index contributed by atoms with van der Waals surface area (Å²) in [6.45, 7) is 3.90. The van der Waals surface area contributed by atoms with Crippen molar-refractivity contribution < 1.29 is 13.2 Å². The third kappa shape index (κ3) is 4.96. The SMILES string of the molecule is CC(C)c1ccc(NC(=O)CNS(=O)(=O)c2ccc3c(c2)CCCC3)cc1. The molecule has 0 saturated carbocycles. The molecular weight excluding hydrogens is 360 g/mol. The molecule has 1 aliphatic carbocycles. The van der Waals surface area contributed by atoms with Gasteiger partial charge in [0.25, 0.3) is 0 Å². The van der Waals surface area contributed by atoms with Gasteiger partial charge in [-0.05, 0) is 72.6 Å². The van der Waals surface area contributed by atoms with Crippen LogP contribution in [0.25, 0.3) is 0 Å². The van der Waals surface area contributed by atoms with Gasteiger partial charge in [-0.25, -0.2) is 13.1 Å². The van der Waals surface area contributed by atoms with Gasteiger partial charge in [-0.3, -0.25) is 4.79 Å². The van der Waals surface area contributed by atoms with E-state index in [1.165, 1.54) is 11.1 Å². The first-order chi connectivity index (χ1) is 12.8. The second-order valence-electron chi connectivity index (χ2n) is 7.29. The van der Waals surface area contributed by atoms with E-state index in [0.717, 1.165) is 31.2 Å². The second kappa shape index (κ2) is 8.23. The number of hydrogen-bond donors (Lipinski definition) is 2. The van der Waals surface area contributed by atoms with Crippen LogP contribution in [-0.2, 0) is 27.7 Å². The zero-order valence-electron chi connectivity index (χ0n) is 15.8. The molecule has 144 valence electrons. The highest BCUT2D eigenvalue weighted by Crippen LogP contribution is 2.24. The second-order valence-corrected chi connectivity index (χ2v) is 9.05. The van der Waals surface area contributed by atoms with Crippen molar-refractivity contribution >= 4 is 21.6 Å². The first kappa shape index (κ1) is 19.6. The van der Waals surface area contributed by atoms with E-state index in [4.69, 9.17) is 0 Å². The van der Waals surface area contributed by atoms with Gasteiger partial charge in [0.05, 0.1) is 11.4 Å². The molecule has 2 N–H and O–H groups in total. The van der Waals surface area contributed by atoms with Gasteiger partial charge in [-0.1, -0.05) is 32.0 Å². The lowest BCUT2D eigenvalue weighted by Crippen LogP contribution is -2.33. The molecule has 2 aromatic carbocycles. The van der Waals surface area contributed by atoms with E-state index in [-0.39, 0.29) is 11.4 Å². The number of rotatable bonds is 6. The number of carbonyl (C=O) groups excluding carboxylic acids is 1. The molecule has 0 heterocycles. The van der Waals surface area contributed by atoms with Crippen LogP contribution >= 0.6 is 0 Å². The summed E-state index contributed by atoms with van der Waals surface area (Å²) in [7, 11) is -3.71. The van der Waals surface area contributed by atoms with Gasteiger partial charge in [0.1, 0.15) is 0 Å². The van der Waals surface area contributed by atoms with Crippen LogP contribution in [-0.4, -0.2) is 20.9 Å². The van der Waals surface area contributed by atoms with E-state index in [1.54, 1.807) is 12.1 Å². The maximum Gasteiger partial charge on any atom is 0.241 e. The van der Waals surface area contributed by atoms with Crippen LogP contribution in [0.15, 0.2) is 47.4 Å². The minimum atomic E-state index is -3.71. The molecule has 0 aliphatic heterocycles. The van der Waals surface area contributed by atoms with Gasteiger partial charge >= 0.3 is 0 Å². The summed E-state index contributed by atoms with van der Waals surface area (Å²) in [5.74, 6) is 0.0204. The molecule has 1 aliphatic rings. The Morgan fingerprint density at radius 1 is 1.00 bits per heavy atom. The maximum atomic E-state index is 12.5. The summed E-state index contributed by atoms with van der Waals surface area (Å²) in [4.78, 5) is 12.3. The van der Waals surface area contributed by atoms with Crippen molar-refractivity contribution in [1.82, 2.24) is 4.72 Å². The van der Waals surface area contributed by atoms with Gasteiger partial charge in [0.15, 0.2) is 0 Å². The molecule has 0 bridgehead atoms. The fourth-order valence-corrected chi connectivity index (χ4v) is 4.31. The first-order valence-electron chi connectivity index (χ1n) is 9.36. The number of fused-ring (bicyclic) bond motifs is 1. The van der Waals surface area contributed by atoms with Gasteiger partial charge in [-0.2, -0.15) is 0 Å². The van der Waals surface area contributed by atoms with Crippen molar-refractivity contribution in [2.45, 2.75) is 50.3 Å². The molecule has 0 saturated heterocycles. The molecule has 0 aromatic heterocycles. The molecule has 27 heavy (non-hydrogen) atoms. The zero-order chi connectivity index (χ0) is 19.4. The molecule has 0 spiro atoms. The van der Waals surface area contributed by atoms with Crippen LogP contribution in [0.1, 0.15) is 49.3 Å². The standard InChI is InChI=1S/C21H26N2O3S/c1-15(2)16-7-10-19(11-8-16)23-21(24)14-22-27(25,26)20-12-9-17-5-3-4-6-18(17)13-20/h7-13,15,22H,3-6,14H2,1-2H3,(H,23,24). The van der Waals surface area contributed by atoms with E-state index < -0.39 is 15.9 Å². The lowest BCUT2D eigenvalue weighted by atomic mass is 9.92. The first-order valence-corrected chi connectivity index (χ1v) is 10.8. The van der Waals surface area contributed by atoms with Crippen LogP contribution in [0, 0.1) is 0 Å². The Morgan fingerprint density at radius 3 is 2.33 bits per heavy atom. The van der Waals surface area contributed by atoms with Crippen LogP contribution in [0.5, 0.6) is 0 Å². The molecule has 5 nitrogen and oxygen atoms in total. The fourth-order valence-electron chi connectivity index (χ4n) is 3.28. The van der Waals surface area contributed by atoms with E-state index in [2.05, 4.69) is 23.9 Å². The number of nitrogens with one attached hydrogen (secondary N) is 2. The molecule has 1 amide bonds. The largest absolute Gasteiger partial charge is 0.325 e. The van der Waals surface area contributed by atoms with Crippen LogP contribution < -0.4 is 10.0 Å². The third-order valence-electron chi connectivity index (χ3n) is 4.91. The number of amides is 1. The average molecular weight is 387 g/mol. The summed E-state index contributed by atoms with van der Waals surface area (Å²) in [6.07, 6.45) is 4.14. The Labute approximate surface area is 161 Å². The summed E-state index contributed by atoms with van der Waals surface area (Å²) in [6, 6.07) is 12.8. The Kier molecular flexibility index (Phi) is 5.97. The number of anilines is 1. The number of carbonyl (C=O) groups is 1. The monoisotopic (exact) mass is 386 g/mol. The predicted molar refractivity (Wildman–Crippen MR) is 107 cm³/mol. The number of benzene rings is 2. The summed E-state index contributed by atoms with van der Waals surface area (Å²) < 4.78 is 27.4. The van der Waals surface area contributed by atoms with Crippen LogP contribution in [0.4, 0.5) is 5.69 Å². The average Bonchev–Trinajstić information content (AvgIpc) is 2.66. The lowest BCUT2D eigenvalue weighted by molar-refractivity contribution is -0.115. The smallest absolute Gasteiger partial charge is 0.241 e. The number of hydrogen-bond acceptors (Lipinski definition) is 3. The highest BCUT2D eigenvalue weighted by atomic mass is 32.2. The zero-order valence-corrected chi connectivity index (χ0v) is 16.6. The van der Waals surface area contributed by atoms with Crippen molar-refractivity contribution in [2.24, 2.45) is 0 Å².